The van der Waals surface area contributed by atoms with Crippen molar-refractivity contribution in [1.29, 1.82) is 0 Å². The van der Waals surface area contributed by atoms with Gasteiger partial charge in [-0.2, -0.15) is 4.31 Å². The zero-order chi connectivity index (χ0) is 29.8. The topological polar surface area (TPSA) is 98.2 Å². The van der Waals surface area contributed by atoms with Crippen LogP contribution in [-0.2, 0) is 37.1 Å². The molecule has 2 aromatic heterocycles. The first-order chi connectivity index (χ1) is 20.2. The maximum atomic E-state index is 13.7. The number of likely N-dealkylation sites (N-methyl/N-ethyl adjacent to an activating group) is 1. The molecule has 1 aromatic carbocycles. The highest BCUT2D eigenvalue weighted by molar-refractivity contribution is 7.89. The number of morpholine rings is 1. The van der Waals surface area contributed by atoms with Crippen molar-refractivity contribution in [2.45, 2.75) is 51.3 Å². The van der Waals surface area contributed by atoms with Crippen LogP contribution in [0.3, 0.4) is 0 Å². The molecule has 9 nitrogen and oxygen atoms in total. The van der Waals surface area contributed by atoms with Crippen LogP contribution in [0, 0.1) is 13.8 Å². The number of ether oxygens (including phenoxy) is 2. The Labute approximate surface area is 250 Å². The number of methoxy groups -OCH3 is 1. The first-order valence-electron chi connectivity index (χ1n) is 14.3. The van der Waals surface area contributed by atoms with Crippen LogP contribution >= 0.6 is 11.3 Å². The van der Waals surface area contributed by atoms with Gasteiger partial charge in [0.05, 0.1) is 36.5 Å². The molecule has 1 fully saturated rings. The van der Waals surface area contributed by atoms with Gasteiger partial charge in [0.25, 0.3) is 5.91 Å². The first-order valence-corrected chi connectivity index (χ1v) is 16.6. The molecule has 0 spiro atoms. The Morgan fingerprint density at radius 2 is 1.86 bits per heavy atom. The molecule has 1 amide bonds. The Balaban J connectivity index is 1.46. The number of anilines is 1. The molecule has 3 aliphatic rings. The van der Waals surface area contributed by atoms with E-state index in [4.69, 9.17) is 9.47 Å². The van der Waals surface area contributed by atoms with Crippen molar-refractivity contribution in [2.75, 3.05) is 44.9 Å². The summed E-state index contributed by atoms with van der Waals surface area (Å²) >= 11 is 1.64. The fourth-order valence-electron chi connectivity index (χ4n) is 6.31. The fourth-order valence-corrected chi connectivity index (χ4v) is 9.23. The average molecular weight is 610 g/mol. The summed E-state index contributed by atoms with van der Waals surface area (Å²) in [6.45, 7) is 7.65. The number of carbonyl (C=O) groups excluding carboxylic acids is 2. The fraction of sp³-hybridized carbons (Fsp3) is 0.419. The van der Waals surface area contributed by atoms with Crippen molar-refractivity contribution < 1.29 is 27.5 Å². The van der Waals surface area contributed by atoms with Gasteiger partial charge in [0.2, 0.25) is 10.0 Å². The van der Waals surface area contributed by atoms with Crippen LogP contribution in [0.5, 0.6) is 0 Å². The molecule has 3 aromatic rings. The second kappa shape index (κ2) is 11.1. The lowest BCUT2D eigenvalue weighted by atomic mass is 9.95. The van der Waals surface area contributed by atoms with E-state index < -0.39 is 10.0 Å². The zero-order valence-electron chi connectivity index (χ0n) is 24.4. The maximum absolute atomic E-state index is 13.7. The Morgan fingerprint density at radius 1 is 1.12 bits per heavy atom. The molecular weight excluding hydrogens is 574 g/mol. The van der Waals surface area contributed by atoms with Crippen LogP contribution in [-0.4, -0.2) is 69.1 Å². The molecule has 0 atom stereocenters. The summed E-state index contributed by atoms with van der Waals surface area (Å²) in [5.41, 5.74) is 6.14. The van der Waals surface area contributed by atoms with E-state index in [2.05, 4.69) is 4.57 Å². The third kappa shape index (κ3) is 4.63. The molecule has 6 rings (SSSR count). The summed E-state index contributed by atoms with van der Waals surface area (Å²) in [7, 11) is -2.32. The number of esters is 1. The predicted octanol–water partition coefficient (Wildman–Crippen LogP) is 4.75. The minimum Gasteiger partial charge on any atom is -0.465 e. The van der Waals surface area contributed by atoms with Crippen LogP contribution in [0.2, 0.25) is 0 Å². The van der Waals surface area contributed by atoms with Crippen molar-refractivity contribution >= 4 is 50.6 Å². The molecule has 0 unspecified atom stereocenters. The molecule has 42 heavy (non-hydrogen) atoms. The summed E-state index contributed by atoms with van der Waals surface area (Å²) in [6, 6.07) is 6.95. The Morgan fingerprint density at radius 3 is 2.57 bits per heavy atom. The average Bonchev–Trinajstić information content (AvgIpc) is 3.60. The first kappa shape index (κ1) is 28.9. The number of hydrogen-bond donors (Lipinski definition) is 0. The standard InChI is InChI=1S/C31H35N3O6S2/c1-5-33-26-11-10-22(42(37,38)32-12-14-40-15-13-32)18-24(26)25(29(33)35)17-21-16-19(2)34(20(21)3)30-28(31(36)39-4)23-8-6-7-9-27(23)41-30/h10-11,16-18H,5-9,12-15H2,1-4H3/b25-17+. The van der Waals surface area contributed by atoms with Crippen molar-refractivity contribution in [3.05, 3.63) is 62.8 Å². The lowest BCUT2D eigenvalue weighted by Crippen LogP contribution is -2.40. The van der Waals surface area contributed by atoms with E-state index in [1.807, 2.05) is 32.9 Å². The molecule has 11 heteroatoms. The molecule has 0 saturated carbocycles. The third-order valence-corrected chi connectivity index (χ3v) is 11.6. The highest BCUT2D eigenvalue weighted by atomic mass is 32.2. The van der Waals surface area contributed by atoms with E-state index in [9.17, 15) is 18.0 Å². The van der Waals surface area contributed by atoms with Crippen LogP contribution in [0.1, 0.15) is 63.1 Å². The summed E-state index contributed by atoms with van der Waals surface area (Å²) in [5.74, 6) is -0.496. The van der Waals surface area contributed by atoms with Gasteiger partial charge in [-0.15, -0.1) is 11.3 Å². The molecule has 1 aliphatic carbocycles. The van der Waals surface area contributed by atoms with Gasteiger partial charge in [-0.1, -0.05) is 0 Å². The van der Waals surface area contributed by atoms with Gasteiger partial charge >= 0.3 is 5.97 Å². The van der Waals surface area contributed by atoms with E-state index in [0.29, 0.717) is 55.2 Å². The number of aryl methyl sites for hydroxylation is 2. The normalized spacial score (nSPS) is 18.4. The Hall–Kier alpha value is -3.25. The summed E-state index contributed by atoms with van der Waals surface area (Å²) < 4.78 is 41.0. The summed E-state index contributed by atoms with van der Waals surface area (Å²) in [4.78, 5) is 29.7. The SMILES string of the molecule is CCN1C(=O)/C(=C/c2cc(C)n(-c3sc4c(c3C(=O)OC)CCCC4)c2C)c2cc(S(=O)(=O)N3CCOCC3)ccc21. The largest absolute Gasteiger partial charge is 0.465 e. The highest BCUT2D eigenvalue weighted by Gasteiger charge is 2.35. The smallest absolute Gasteiger partial charge is 0.341 e. The quantitative estimate of drug-likeness (QED) is 0.296. The minimum atomic E-state index is -3.74. The number of fused-ring (bicyclic) bond motifs is 2. The van der Waals surface area contributed by atoms with Gasteiger partial charge in [0, 0.05) is 47.0 Å². The van der Waals surface area contributed by atoms with Crippen LogP contribution in [0.4, 0.5) is 5.69 Å². The number of rotatable bonds is 6. The summed E-state index contributed by atoms with van der Waals surface area (Å²) in [6.07, 6.45) is 5.82. The summed E-state index contributed by atoms with van der Waals surface area (Å²) in [5, 5.41) is 0.848. The van der Waals surface area contributed by atoms with Gasteiger partial charge in [0.15, 0.2) is 0 Å². The van der Waals surface area contributed by atoms with E-state index in [0.717, 1.165) is 53.2 Å². The molecule has 4 heterocycles. The van der Waals surface area contributed by atoms with E-state index in [-0.39, 0.29) is 16.8 Å². The number of benzene rings is 1. The number of sulfonamides is 1. The van der Waals surface area contributed by atoms with Crippen molar-refractivity contribution in [2.24, 2.45) is 0 Å². The minimum absolute atomic E-state index is 0.164. The number of aromatic nitrogens is 1. The Kier molecular flexibility index (Phi) is 7.63. The van der Waals surface area contributed by atoms with E-state index in [1.165, 1.54) is 16.3 Å². The van der Waals surface area contributed by atoms with Crippen LogP contribution in [0.25, 0.3) is 16.7 Å². The monoisotopic (exact) mass is 609 g/mol. The number of amides is 1. The zero-order valence-corrected chi connectivity index (χ0v) is 26.0. The lowest BCUT2D eigenvalue weighted by molar-refractivity contribution is -0.112. The van der Waals surface area contributed by atoms with Gasteiger partial charge in [-0.05, 0) is 87.9 Å². The van der Waals surface area contributed by atoms with E-state index in [1.54, 1.807) is 34.4 Å². The van der Waals surface area contributed by atoms with Gasteiger partial charge in [-0.25, -0.2) is 13.2 Å². The lowest BCUT2D eigenvalue weighted by Gasteiger charge is -2.26. The van der Waals surface area contributed by atoms with Gasteiger partial charge in [-0.3, -0.25) is 4.79 Å². The van der Waals surface area contributed by atoms with Crippen LogP contribution < -0.4 is 4.90 Å². The van der Waals surface area contributed by atoms with Crippen molar-refractivity contribution in [1.82, 2.24) is 8.87 Å². The maximum Gasteiger partial charge on any atom is 0.341 e. The molecule has 0 bridgehead atoms. The second-order valence-electron chi connectivity index (χ2n) is 10.8. The number of hydrogen-bond acceptors (Lipinski definition) is 7. The number of nitrogens with zero attached hydrogens (tertiary/aromatic N) is 3. The molecule has 222 valence electrons. The Bertz CT molecular complexity index is 1730. The predicted molar refractivity (Wildman–Crippen MR) is 163 cm³/mol. The van der Waals surface area contributed by atoms with Crippen molar-refractivity contribution in [3.63, 3.8) is 0 Å². The molecule has 1 saturated heterocycles. The number of thiophene rings is 1. The molecule has 0 radical (unpaired) electrons. The van der Waals surface area contributed by atoms with Crippen molar-refractivity contribution in [3.8, 4) is 5.00 Å². The molecule has 2 aliphatic heterocycles. The second-order valence-corrected chi connectivity index (χ2v) is 13.9. The molecular formula is C31H35N3O6S2. The van der Waals surface area contributed by atoms with E-state index >= 15 is 0 Å². The van der Waals surface area contributed by atoms with Crippen LogP contribution in [0.15, 0.2) is 29.2 Å². The highest BCUT2D eigenvalue weighted by Crippen LogP contribution is 2.42. The third-order valence-electron chi connectivity index (χ3n) is 8.46. The van der Waals surface area contributed by atoms with Gasteiger partial charge < -0.3 is 18.9 Å². The number of carbonyl (C=O) groups is 2. The molecule has 0 N–H and O–H groups in total. The van der Waals surface area contributed by atoms with Gasteiger partial charge in [0.1, 0.15) is 5.00 Å².